The van der Waals surface area contributed by atoms with E-state index in [1.165, 1.54) is 6.07 Å². The van der Waals surface area contributed by atoms with Gasteiger partial charge in [0.2, 0.25) is 11.8 Å². The summed E-state index contributed by atoms with van der Waals surface area (Å²) < 4.78 is 24.0. The summed E-state index contributed by atoms with van der Waals surface area (Å²) in [5.41, 5.74) is 2.20. The van der Waals surface area contributed by atoms with Crippen molar-refractivity contribution in [3.8, 4) is 17.2 Å². The molecule has 0 aliphatic rings. The average Bonchev–Trinajstić information content (AvgIpc) is 3.05. The van der Waals surface area contributed by atoms with E-state index in [1.54, 1.807) is 26.2 Å². The number of benzene rings is 2. The quantitative estimate of drug-likeness (QED) is 0.776. The van der Waals surface area contributed by atoms with Crippen molar-refractivity contribution in [2.75, 3.05) is 12.4 Å². The normalized spacial score (nSPS) is 10.6. The zero-order valence-corrected chi connectivity index (χ0v) is 12.8. The van der Waals surface area contributed by atoms with Crippen LogP contribution in [0.25, 0.3) is 11.5 Å². The highest BCUT2D eigenvalue weighted by atomic mass is 19.1. The summed E-state index contributed by atoms with van der Waals surface area (Å²) in [6, 6.07) is 12.2. The van der Waals surface area contributed by atoms with Crippen LogP contribution in [0.1, 0.15) is 11.5 Å². The van der Waals surface area contributed by atoms with Crippen LogP contribution in [0.3, 0.4) is 0 Å². The maximum absolute atomic E-state index is 13.2. The fourth-order valence-corrected chi connectivity index (χ4v) is 2.11. The highest BCUT2D eigenvalue weighted by Crippen LogP contribution is 2.21. The van der Waals surface area contributed by atoms with Gasteiger partial charge in [-0.25, -0.2) is 4.39 Å². The SMILES string of the molecule is COc1ccc(-c2nnc(CNc3ccc(F)c(C)c3)o2)cc1. The van der Waals surface area contributed by atoms with Gasteiger partial charge in [-0.2, -0.15) is 0 Å². The van der Waals surface area contributed by atoms with Crippen molar-refractivity contribution >= 4 is 5.69 Å². The highest BCUT2D eigenvalue weighted by molar-refractivity contribution is 5.54. The lowest BCUT2D eigenvalue weighted by Crippen LogP contribution is -2.00. The van der Waals surface area contributed by atoms with E-state index in [4.69, 9.17) is 9.15 Å². The minimum atomic E-state index is -0.227. The molecular weight excluding hydrogens is 297 g/mol. The third-order valence-corrected chi connectivity index (χ3v) is 3.41. The smallest absolute Gasteiger partial charge is 0.247 e. The average molecular weight is 313 g/mol. The molecule has 1 N–H and O–H groups in total. The van der Waals surface area contributed by atoms with E-state index < -0.39 is 0 Å². The Morgan fingerprint density at radius 3 is 2.61 bits per heavy atom. The molecule has 0 aliphatic heterocycles. The lowest BCUT2D eigenvalue weighted by Gasteiger charge is -2.05. The van der Waals surface area contributed by atoms with E-state index >= 15 is 0 Å². The van der Waals surface area contributed by atoms with Crippen LogP contribution in [0.4, 0.5) is 10.1 Å². The molecule has 1 aromatic heterocycles. The van der Waals surface area contributed by atoms with Crippen molar-refractivity contribution in [2.45, 2.75) is 13.5 Å². The molecule has 2 aromatic carbocycles. The number of nitrogens with one attached hydrogen (secondary N) is 1. The molecule has 0 unspecified atom stereocenters. The van der Waals surface area contributed by atoms with Crippen LogP contribution >= 0.6 is 0 Å². The molecule has 0 radical (unpaired) electrons. The summed E-state index contributed by atoms with van der Waals surface area (Å²) in [4.78, 5) is 0. The van der Waals surface area contributed by atoms with E-state index in [0.717, 1.165) is 17.0 Å². The second-order valence-electron chi connectivity index (χ2n) is 5.05. The number of hydrogen-bond donors (Lipinski definition) is 1. The molecule has 0 saturated heterocycles. The molecule has 0 bridgehead atoms. The van der Waals surface area contributed by atoms with E-state index in [2.05, 4.69) is 15.5 Å². The first-order chi connectivity index (χ1) is 11.2. The van der Waals surface area contributed by atoms with Crippen LogP contribution in [0.5, 0.6) is 5.75 Å². The van der Waals surface area contributed by atoms with Gasteiger partial charge in [0.15, 0.2) is 0 Å². The third-order valence-electron chi connectivity index (χ3n) is 3.41. The molecular formula is C17H16FN3O2. The van der Waals surface area contributed by atoms with Crippen LogP contribution in [-0.4, -0.2) is 17.3 Å². The molecule has 0 spiro atoms. The van der Waals surface area contributed by atoms with E-state index in [0.29, 0.717) is 23.9 Å². The van der Waals surface area contributed by atoms with Crippen molar-refractivity contribution in [3.05, 3.63) is 59.7 Å². The van der Waals surface area contributed by atoms with E-state index in [9.17, 15) is 4.39 Å². The maximum atomic E-state index is 13.2. The summed E-state index contributed by atoms with van der Waals surface area (Å²) >= 11 is 0. The van der Waals surface area contributed by atoms with Gasteiger partial charge in [0.1, 0.15) is 11.6 Å². The summed E-state index contributed by atoms with van der Waals surface area (Å²) in [5, 5.41) is 11.2. The molecule has 118 valence electrons. The van der Waals surface area contributed by atoms with Crippen molar-refractivity contribution < 1.29 is 13.5 Å². The number of halogens is 1. The molecule has 23 heavy (non-hydrogen) atoms. The third kappa shape index (κ3) is 3.48. The Bertz CT molecular complexity index is 800. The van der Waals surface area contributed by atoms with Crippen LogP contribution in [-0.2, 0) is 6.54 Å². The maximum Gasteiger partial charge on any atom is 0.247 e. The van der Waals surface area contributed by atoms with Gasteiger partial charge in [-0.3, -0.25) is 0 Å². The van der Waals surface area contributed by atoms with Gasteiger partial charge >= 0.3 is 0 Å². The Morgan fingerprint density at radius 2 is 1.91 bits per heavy atom. The van der Waals surface area contributed by atoms with Crippen LogP contribution in [0, 0.1) is 12.7 Å². The number of hydrogen-bond acceptors (Lipinski definition) is 5. The van der Waals surface area contributed by atoms with Crippen LogP contribution < -0.4 is 10.1 Å². The summed E-state index contributed by atoms with van der Waals surface area (Å²) in [5.74, 6) is 1.44. The van der Waals surface area contributed by atoms with Gasteiger partial charge in [-0.1, -0.05) is 0 Å². The number of rotatable bonds is 5. The fraction of sp³-hybridized carbons (Fsp3) is 0.176. The molecule has 0 saturated carbocycles. The van der Waals surface area contributed by atoms with Gasteiger partial charge in [0.05, 0.1) is 13.7 Å². The highest BCUT2D eigenvalue weighted by Gasteiger charge is 2.09. The lowest BCUT2D eigenvalue weighted by atomic mass is 10.2. The van der Waals surface area contributed by atoms with Gasteiger partial charge in [0.25, 0.3) is 0 Å². The molecule has 6 heteroatoms. The molecule has 3 rings (SSSR count). The molecule has 0 aliphatic carbocycles. The standard InChI is InChI=1S/C17H16FN3O2/c1-11-9-13(5-8-15(11)18)19-10-16-20-21-17(23-16)12-3-6-14(22-2)7-4-12/h3-9,19H,10H2,1-2H3. The molecule has 5 nitrogen and oxygen atoms in total. The molecule has 0 fully saturated rings. The second kappa shape index (κ2) is 6.48. The topological polar surface area (TPSA) is 60.2 Å². The zero-order valence-electron chi connectivity index (χ0n) is 12.8. The molecule has 0 atom stereocenters. The van der Waals surface area contributed by atoms with Crippen molar-refractivity contribution in [3.63, 3.8) is 0 Å². The minimum Gasteiger partial charge on any atom is -0.497 e. The lowest BCUT2D eigenvalue weighted by molar-refractivity contribution is 0.415. The first-order valence-electron chi connectivity index (χ1n) is 7.12. The summed E-state index contributed by atoms with van der Waals surface area (Å²) in [6.07, 6.45) is 0. The van der Waals surface area contributed by atoms with Gasteiger partial charge in [-0.05, 0) is 55.0 Å². The molecule has 3 aromatic rings. The zero-order chi connectivity index (χ0) is 16.2. The Labute approximate surface area is 133 Å². The Balaban J connectivity index is 1.67. The van der Waals surface area contributed by atoms with Crippen molar-refractivity contribution in [1.82, 2.24) is 10.2 Å². The predicted octanol–water partition coefficient (Wildman–Crippen LogP) is 3.80. The molecule has 1 heterocycles. The van der Waals surface area contributed by atoms with Crippen molar-refractivity contribution in [1.29, 1.82) is 0 Å². The number of aryl methyl sites for hydroxylation is 1. The fourth-order valence-electron chi connectivity index (χ4n) is 2.11. The van der Waals surface area contributed by atoms with E-state index in [-0.39, 0.29) is 5.82 Å². The number of nitrogens with zero attached hydrogens (tertiary/aromatic N) is 2. The first kappa shape index (κ1) is 15.0. The monoisotopic (exact) mass is 313 g/mol. The van der Waals surface area contributed by atoms with Crippen molar-refractivity contribution in [2.24, 2.45) is 0 Å². The Morgan fingerprint density at radius 1 is 1.13 bits per heavy atom. The Hall–Kier alpha value is -2.89. The number of aromatic nitrogens is 2. The van der Waals surface area contributed by atoms with Crippen LogP contribution in [0.2, 0.25) is 0 Å². The van der Waals surface area contributed by atoms with Gasteiger partial charge in [0, 0.05) is 11.3 Å². The summed E-state index contributed by atoms with van der Waals surface area (Å²) in [6.45, 7) is 2.09. The summed E-state index contributed by atoms with van der Waals surface area (Å²) in [7, 11) is 1.61. The number of methoxy groups -OCH3 is 1. The number of anilines is 1. The first-order valence-corrected chi connectivity index (χ1v) is 7.12. The predicted molar refractivity (Wildman–Crippen MR) is 84.7 cm³/mol. The second-order valence-corrected chi connectivity index (χ2v) is 5.05. The largest absolute Gasteiger partial charge is 0.497 e. The Kier molecular flexibility index (Phi) is 4.23. The van der Waals surface area contributed by atoms with Crippen LogP contribution in [0.15, 0.2) is 46.9 Å². The molecule has 0 amide bonds. The minimum absolute atomic E-state index is 0.227. The van der Waals surface area contributed by atoms with Gasteiger partial charge < -0.3 is 14.5 Å². The van der Waals surface area contributed by atoms with Gasteiger partial charge in [-0.15, -0.1) is 10.2 Å². The van der Waals surface area contributed by atoms with E-state index in [1.807, 2.05) is 24.3 Å². The number of ether oxygens (including phenoxy) is 1.